The molecule has 22 heavy (non-hydrogen) atoms. The zero-order valence-corrected chi connectivity index (χ0v) is 13.0. The Morgan fingerprint density at radius 3 is 2.41 bits per heavy atom. The molecule has 1 unspecified atom stereocenters. The van der Waals surface area contributed by atoms with E-state index in [4.69, 9.17) is 34.7 Å². The van der Waals surface area contributed by atoms with Crippen LogP contribution in [0.4, 0.5) is 5.69 Å². The van der Waals surface area contributed by atoms with Crippen molar-refractivity contribution in [1.82, 2.24) is 5.32 Å². The van der Waals surface area contributed by atoms with E-state index in [1.165, 1.54) is 0 Å². The lowest BCUT2D eigenvalue weighted by Crippen LogP contribution is -2.50. The van der Waals surface area contributed by atoms with Crippen LogP contribution >= 0.6 is 23.2 Å². The molecule has 0 aliphatic carbocycles. The van der Waals surface area contributed by atoms with Crippen LogP contribution < -0.4 is 16.8 Å². The molecule has 0 fully saturated rings. The van der Waals surface area contributed by atoms with Gasteiger partial charge in [-0.15, -0.1) is 0 Å². The van der Waals surface area contributed by atoms with E-state index in [0.29, 0.717) is 16.0 Å². The van der Waals surface area contributed by atoms with Crippen molar-refractivity contribution in [1.29, 1.82) is 0 Å². The highest BCUT2D eigenvalue weighted by molar-refractivity contribution is 6.42. The zero-order chi connectivity index (χ0) is 15.7. The standard InChI is InChI=1S/C15H13Cl2N5/c16-11-7-6-10(8-12(11)17)22-13(9-4-2-1-3-5-9)20-14(18)21-15(22)19/h1-8,13H,(H4,18,19,20,21)/p+1. The van der Waals surface area contributed by atoms with Crippen LogP contribution in [0.2, 0.25) is 10.0 Å². The fourth-order valence-corrected chi connectivity index (χ4v) is 2.60. The van der Waals surface area contributed by atoms with E-state index in [1.54, 1.807) is 12.1 Å². The lowest BCUT2D eigenvalue weighted by Gasteiger charge is -2.23. The Morgan fingerprint density at radius 1 is 1.00 bits per heavy atom. The molecule has 1 heterocycles. The molecule has 3 rings (SSSR count). The van der Waals surface area contributed by atoms with E-state index in [2.05, 4.69) is 10.3 Å². The molecule has 0 amide bonds. The molecule has 1 aliphatic rings. The minimum absolute atomic E-state index is 0.266. The molecule has 0 radical (unpaired) electrons. The quantitative estimate of drug-likeness (QED) is 0.738. The van der Waals surface area contributed by atoms with Gasteiger partial charge >= 0.3 is 5.96 Å². The van der Waals surface area contributed by atoms with Gasteiger partial charge in [0.25, 0.3) is 5.96 Å². The van der Waals surface area contributed by atoms with Crippen LogP contribution in [-0.2, 0) is 0 Å². The highest BCUT2D eigenvalue weighted by Crippen LogP contribution is 2.32. The van der Waals surface area contributed by atoms with Crippen molar-refractivity contribution in [2.45, 2.75) is 6.17 Å². The molecular formula is C15H14Cl2N5+. The normalized spacial score (nSPS) is 17.9. The lowest BCUT2D eigenvalue weighted by atomic mass is 10.1. The zero-order valence-electron chi connectivity index (χ0n) is 11.5. The first-order chi connectivity index (χ1) is 10.6. The van der Waals surface area contributed by atoms with E-state index in [1.807, 2.05) is 41.0 Å². The summed E-state index contributed by atoms with van der Waals surface area (Å²) in [6.07, 6.45) is -0.375. The SMILES string of the molecule is NC1=NC(c2ccccc2)[N+](c2ccc(Cl)c(Cl)c2)=C(N)N1. The molecule has 5 N–H and O–H groups in total. The second-order valence-corrected chi connectivity index (χ2v) is 5.59. The molecule has 2 aromatic rings. The maximum Gasteiger partial charge on any atom is 0.357 e. The molecule has 112 valence electrons. The smallest absolute Gasteiger partial charge is 0.357 e. The average Bonchev–Trinajstić information content (AvgIpc) is 2.50. The number of nitrogens with one attached hydrogen (secondary N) is 1. The first-order valence-electron chi connectivity index (χ1n) is 6.58. The third-order valence-electron chi connectivity index (χ3n) is 3.30. The van der Waals surface area contributed by atoms with Crippen molar-refractivity contribution in [3.63, 3.8) is 0 Å². The fourth-order valence-electron chi connectivity index (χ4n) is 2.31. The Morgan fingerprint density at radius 2 is 1.73 bits per heavy atom. The molecule has 7 heteroatoms. The summed E-state index contributed by atoms with van der Waals surface area (Å²) in [5.41, 5.74) is 13.7. The van der Waals surface area contributed by atoms with E-state index in [9.17, 15) is 0 Å². The van der Waals surface area contributed by atoms with Gasteiger partial charge in [-0.3, -0.25) is 5.73 Å². The molecule has 1 atom stereocenters. The number of hydrogen-bond donors (Lipinski definition) is 3. The lowest BCUT2D eigenvalue weighted by molar-refractivity contribution is -0.494. The number of aliphatic imine (C=N–C) groups is 1. The number of halogens is 2. The summed E-state index contributed by atoms with van der Waals surface area (Å²) in [7, 11) is 0. The van der Waals surface area contributed by atoms with Crippen LogP contribution in [0, 0.1) is 0 Å². The molecule has 0 saturated heterocycles. The van der Waals surface area contributed by atoms with Gasteiger partial charge in [0.2, 0.25) is 6.17 Å². The van der Waals surface area contributed by atoms with Gasteiger partial charge in [-0.1, -0.05) is 53.5 Å². The number of hydrogen-bond acceptors (Lipinski definition) is 4. The molecule has 1 aliphatic heterocycles. The Hall–Kier alpha value is -2.24. The molecule has 0 saturated carbocycles. The van der Waals surface area contributed by atoms with Crippen molar-refractivity contribution in [3.05, 3.63) is 64.1 Å². The molecular weight excluding hydrogens is 321 g/mol. The molecule has 0 spiro atoms. The van der Waals surface area contributed by atoms with Crippen molar-refractivity contribution in [2.24, 2.45) is 16.5 Å². The fraction of sp³-hybridized carbons (Fsp3) is 0.0667. The highest BCUT2D eigenvalue weighted by Gasteiger charge is 2.28. The Labute approximate surface area is 137 Å². The molecule has 0 bridgehead atoms. The summed E-state index contributed by atoms with van der Waals surface area (Å²) in [6.45, 7) is 0. The van der Waals surface area contributed by atoms with E-state index in [0.717, 1.165) is 11.3 Å². The van der Waals surface area contributed by atoms with Crippen molar-refractivity contribution in [3.8, 4) is 0 Å². The largest absolute Gasteiger partial charge is 0.357 e. The van der Waals surface area contributed by atoms with E-state index in [-0.39, 0.29) is 12.1 Å². The summed E-state index contributed by atoms with van der Waals surface area (Å²) < 4.78 is 1.81. The van der Waals surface area contributed by atoms with Gasteiger partial charge in [0.1, 0.15) is 5.69 Å². The number of benzene rings is 2. The van der Waals surface area contributed by atoms with Crippen LogP contribution in [0.5, 0.6) is 0 Å². The first-order valence-corrected chi connectivity index (χ1v) is 7.34. The topological polar surface area (TPSA) is 79.4 Å². The maximum atomic E-state index is 6.11. The molecule has 0 aromatic heterocycles. The molecule has 2 aromatic carbocycles. The number of nitrogens with two attached hydrogens (primary N) is 2. The summed E-state index contributed by atoms with van der Waals surface area (Å²) in [5.74, 6) is 0.641. The number of rotatable bonds is 2. The van der Waals surface area contributed by atoms with Gasteiger partial charge in [0.15, 0.2) is 0 Å². The van der Waals surface area contributed by atoms with Crippen LogP contribution in [0.3, 0.4) is 0 Å². The Kier molecular flexibility index (Phi) is 3.92. The molecule has 5 nitrogen and oxygen atoms in total. The van der Waals surface area contributed by atoms with Gasteiger partial charge in [0.05, 0.1) is 10.0 Å². The van der Waals surface area contributed by atoms with Gasteiger partial charge in [0, 0.05) is 5.56 Å². The second kappa shape index (κ2) is 5.87. The van der Waals surface area contributed by atoms with E-state index < -0.39 is 0 Å². The van der Waals surface area contributed by atoms with Crippen LogP contribution in [-0.4, -0.2) is 16.5 Å². The Balaban J connectivity index is 2.13. The monoisotopic (exact) mass is 334 g/mol. The summed E-state index contributed by atoms with van der Waals surface area (Å²) in [5, 5.41) is 3.76. The van der Waals surface area contributed by atoms with Crippen LogP contribution in [0.15, 0.2) is 53.5 Å². The number of guanidine groups is 2. The van der Waals surface area contributed by atoms with Crippen molar-refractivity contribution >= 4 is 40.8 Å². The van der Waals surface area contributed by atoms with E-state index >= 15 is 0 Å². The van der Waals surface area contributed by atoms with Gasteiger partial charge in [-0.2, -0.15) is 4.99 Å². The van der Waals surface area contributed by atoms with Crippen LogP contribution in [0.25, 0.3) is 0 Å². The summed E-state index contributed by atoms with van der Waals surface area (Å²) in [4.78, 5) is 4.45. The summed E-state index contributed by atoms with van der Waals surface area (Å²) in [6, 6.07) is 15.0. The Bertz CT molecular complexity index is 771. The highest BCUT2D eigenvalue weighted by atomic mass is 35.5. The van der Waals surface area contributed by atoms with Gasteiger partial charge in [-0.05, 0) is 18.2 Å². The third kappa shape index (κ3) is 2.73. The average molecular weight is 335 g/mol. The third-order valence-corrected chi connectivity index (χ3v) is 4.04. The van der Waals surface area contributed by atoms with Crippen molar-refractivity contribution in [2.75, 3.05) is 0 Å². The minimum Gasteiger partial charge on any atom is -0.357 e. The minimum atomic E-state index is -0.375. The van der Waals surface area contributed by atoms with Gasteiger partial charge < -0.3 is 5.73 Å². The maximum absolute atomic E-state index is 6.11. The van der Waals surface area contributed by atoms with Crippen molar-refractivity contribution < 1.29 is 4.58 Å². The first kappa shape index (κ1) is 14.7. The number of nitrogens with zero attached hydrogens (tertiary/aromatic N) is 2. The predicted molar refractivity (Wildman–Crippen MR) is 89.5 cm³/mol. The second-order valence-electron chi connectivity index (χ2n) is 4.78. The predicted octanol–water partition coefficient (Wildman–Crippen LogP) is 2.57. The summed E-state index contributed by atoms with van der Waals surface area (Å²) >= 11 is 12.1. The van der Waals surface area contributed by atoms with Crippen LogP contribution in [0.1, 0.15) is 11.7 Å². The van der Waals surface area contributed by atoms with Gasteiger partial charge in [-0.25, -0.2) is 9.89 Å².